The van der Waals surface area contributed by atoms with E-state index in [1.54, 1.807) is 7.05 Å². The largest absolute Gasteiger partial charge is 0.444 e. The molecule has 1 aliphatic heterocycles. The third kappa shape index (κ3) is 3.77. The molecule has 0 aliphatic carbocycles. The standard InChI is InChI=1S/C17H22N2O3/c1-17(2,3)22-16(20)19(4)11-15-14-7-5-6-12(10-18)13(14)8-9-21-15/h5-7,15H,8-9,11H2,1-4H3. The number of benzene rings is 1. The molecule has 1 amide bonds. The monoisotopic (exact) mass is 302 g/mol. The molecule has 5 nitrogen and oxygen atoms in total. The number of carbonyl (C=O) groups is 1. The van der Waals surface area contributed by atoms with E-state index in [2.05, 4.69) is 6.07 Å². The maximum absolute atomic E-state index is 12.1. The van der Waals surface area contributed by atoms with Crippen LogP contribution in [-0.2, 0) is 15.9 Å². The van der Waals surface area contributed by atoms with Crippen LogP contribution in [0.2, 0.25) is 0 Å². The molecule has 0 aromatic heterocycles. The molecule has 5 heteroatoms. The first-order valence-corrected chi connectivity index (χ1v) is 7.39. The highest BCUT2D eigenvalue weighted by molar-refractivity contribution is 5.67. The van der Waals surface area contributed by atoms with Gasteiger partial charge in [0.25, 0.3) is 0 Å². The van der Waals surface area contributed by atoms with Gasteiger partial charge in [0.05, 0.1) is 24.8 Å². The van der Waals surface area contributed by atoms with E-state index >= 15 is 0 Å². The van der Waals surface area contributed by atoms with Crippen LogP contribution >= 0.6 is 0 Å². The number of rotatable bonds is 2. The number of likely N-dealkylation sites (N-methyl/N-ethyl adjacent to an activating group) is 1. The average Bonchev–Trinajstić information content (AvgIpc) is 2.45. The van der Waals surface area contributed by atoms with E-state index < -0.39 is 5.60 Å². The Labute approximate surface area is 131 Å². The summed E-state index contributed by atoms with van der Waals surface area (Å²) in [7, 11) is 1.69. The van der Waals surface area contributed by atoms with Crippen molar-refractivity contribution in [1.29, 1.82) is 5.26 Å². The van der Waals surface area contributed by atoms with Gasteiger partial charge >= 0.3 is 6.09 Å². The number of ether oxygens (including phenoxy) is 2. The van der Waals surface area contributed by atoms with Gasteiger partial charge in [-0.15, -0.1) is 0 Å². The average molecular weight is 302 g/mol. The van der Waals surface area contributed by atoms with Crippen molar-refractivity contribution in [3.05, 3.63) is 34.9 Å². The number of amides is 1. The van der Waals surface area contributed by atoms with Crippen LogP contribution in [0.15, 0.2) is 18.2 Å². The van der Waals surface area contributed by atoms with Crippen LogP contribution in [0.3, 0.4) is 0 Å². The van der Waals surface area contributed by atoms with E-state index in [4.69, 9.17) is 9.47 Å². The van der Waals surface area contributed by atoms with E-state index in [0.29, 0.717) is 18.7 Å². The van der Waals surface area contributed by atoms with Crippen LogP contribution in [-0.4, -0.2) is 36.8 Å². The number of carbonyl (C=O) groups excluding carboxylic acids is 1. The van der Waals surface area contributed by atoms with E-state index in [1.807, 2.05) is 39.0 Å². The van der Waals surface area contributed by atoms with Crippen molar-refractivity contribution in [3.8, 4) is 6.07 Å². The molecule has 1 atom stereocenters. The van der Waals surface area contributed by atoms with Crippen molar-refractivity contribution in [2.24, 2.45) is 0 Å². The molecule has 0 saturated heterocycles. The summed E-state index contributed by atoms with van der Waals surface area (Å²) in [5.41, 5.74) is 2.18. The molecule has 2 rings (SSSR count). The molecule has 1 aliphatic rings. The minimum atomic E-state index is -0.523. The highest BCUT2D eigenvalue weighted by atomic mass is 16.6. The number of hydrogen-bond donors (Lipinski definition) is 0. The summed E-state index contributed by atoms with van der Waals surface area (Å²) in [6.07, 6.45) is 0.125. The third-order valence-corrected chi connectivity index (χ3v) is 3.50. The molecule has 1 heterocycles. The van der Waals surface area contributed by atoms with Crippen LogP contribution in [0.25, 0.3) is 0 Å². The van der Waals surface area contributed by atoms with Gasteiger partial charge in [0.1, 0.15) is 11.7 Å². The minimum absolute atomic E-state index is 0.227. The SMILES string of the molecule is CN(CC1OCCc2c(C#N)cccc21)C(=O)OC(C)(C)C. The molecule has 0 bridgehead atoms. The van der Waals surface area contributed by atoms with Gasteiger partial charge in [0.2, 0.25) is 0 Å². The van der Waals surface area contributed by atoms with Crippen LogP contribution in [0.1, 0.15) is 43.6 Å². The Morgan fingerprint density at radius 1 is 1.50 bits per heavy atom. The smallest absolute Gasteiger partial charge is 0.410 e. The fourth-order valence-electron chi connectivity index (χ4n) is 2.50. The summed E-state index contributed by atoms with van der Waals surface area (Å²) in [5, 5.41) is 9.20. The summed E-state index contributed by atoms with van der Waals surface area (Å²) in [5.74, 6) is 0. The number of hydrogen-bond acceptors (Lipinski definition) is 4. The number of fused-ring (bicyclic) bond motifs is 1. The second-order valence-corrected chi connectivity index (χ2v) is 6.46. The Morgan fingerprint density at radius 2 is 2.23 bits per heavy atom. The molecule has 0 radical (unpaired) electrons. The first-order chi connectivity index (χ1) is 10.3. The van der Waals surface area contributed by atoms with Gasteiger partial charge < -0.3 is 14.4 Å². The Balaban J connectivity index is 2.13. The van der Waals surface area contributed by atoms with Gasteiger partial charge in [-0.2, -0.15) is 5.26 Å². The Bertz CT molecular complexity index is 599. The highest BCUT2D eigenvalue weighted by Crippen LogP contribution is 2.30. The summed E-state index contributed by atoms with van der Waals surface area (Å²) in [6.45, 7) is 6.47. The molecule has 1 aromatic carbocycles. The normalized spacial score (nSPS) is 17.3. The van der Waals surface area contributed by atoms with Crippen LogP contribution in [0.5, 0.6) is 0 Å². The number of nitrogens with zero attached hydrogens (tertiary/aromatic N) is 2. The van der Waals surface area contributed by atoms with E-state index in [9.17, 15) is 10.1 Å². The molecule has 0 saturated carbocycles. The molecular formula is C17H22N2O3. The van der Waals surface area contributed by atoms with Crippen molar-refractivity contribution >= 4 is 6.09 Å². The van der Waals surface area contributed by atoms with Gasteiger partial charge in [0.15, 0.2) is 0 Å². The van der Waals surface area contributed by atoms with Crippen molar-refractivity contribution in [2.45, 2.75) is 38.9 Å². The predicted octanol–water partition coefficient (Wildman–Crippen LogP) is 3.04. The van der Waals surface area contributed by atoms with Gasteiger partial charge in [0, 0.05) is 7.05 Å². The van der Waals surface area contributed by atoms with Crippen molar-refractivity contribution < 1.29 is 14.3 Å². The van der Waals surface area contributed by atoms with Crippen LogP contribution in [0, 0.1) is 11.3 Å². The molecule has 1 aromatic rings. The fourth-order valence-corrected chi connectivity index (χ4v) is 2.50. The summed E-state index contributed by atoms with van der Waals surface area (Å²) < 4.78 is 11.1. The first kappa shape index (κ1) is 16.3. The van der Waals surface area contributed by atoms with Crippen LogP contribution < -0.4 is 0 Å². The van der Waals surface area contributed by atoms with Crippen molar-refractivity contribution in [3.63, 3.8) is 0 Å². The van der Waals surface area contributed by atoms with Crippen LogP contribution in [0.4, 0.5) is 4.79 Å². The van der Waals surface area contributed by atoms with Gasteiger partial charge in [-0.25, -0.2) is 4.79 Å². The summed E-state index contributed by atoms with van der Waals surface area (Å²) >= 11 is 0. The number of nitriles is 1. The molecule has 0 fully saturated rings. The predicted molar refractivity (Wildman–Crippen MR) is 82.4 cm³/mol. The molecule has 1 unspecified atom stereocenters. The van der Waals surface area contributed by atoms with E-state index in [0.717, 1.165) is 17.5 Å². The maximum atomic E-state index is 12.1. The lowest BCUT2D eigenvalue weighted by Gasteiger charge is -2.31. The maximum Gasteiger partial charge on any atom is 0.410 e. The van der Waals surface area contributed by atoms with Gasteiger partial charge in [-0.3, -0.25) is 0 Å². The zero-order valence-electron chi connectivity index (χ0n) is 13.5. The quantitative estimate of drug-likeness (QED) is 0.842. The Kier molecular flexibility index (Phi) is 4.72. The second kappa shape index (κ2) is 6.37. The third-order valence-electron chi connectivity index (χ3n) is 3.50. The van der Waals surface area contributed by atoms with Gasteiger partial charge in [-0.05, 0) is 44.4 Å². The highest BCUT2D eigenvalue weighted by Gasteiger charge is 2.27. The molecular weight excluding hydrogens is 280 g/mol. The van der Waals surface area contributed by atoms with E-state index in [-0.39, 0.29) is 12.2 Å². The zero-order valence-corrected chi connectivity index (χ0v) is 13.5. The Hall–Kier alpha value is -2.06. The minimum Gasteiger partial charge on any atom is -0.444 e. The van der Waals surface area contributed by atoms with E-state index in [1.165, 1.54) is 4.90 Å². The lowest BCUT2D eigenvalue weighted by Crippen LogP contribution is -2.38. The lowest BCUT2D eigenvalue weighted by molar-refractivity contribution is -0.00167. The molecule has 0 N–H and O–H groups in total. The Morgan fingerprint density at radius 3 is 2.86 bits per heavy atom. The summed E-state index contributed by atoms with van der Waals surface area (Å²) in [6, 6.07) is 7.86. The molecule has 118 valence electrons. The second-order valence-electron chi connectivity index (χ2n) is 6.46. The zero-order chi connectivity index (χ0) is 16.3. The van der Waals surface area contributed by atoms with Crippen molar-refractivity contribution in [2.75, 3.05) is 20.2 Å². The van der Waals surface area contributed by atoms with Crippen molar-refractivity contribution in [1.82, 2.24) is 4.90 Å². The van der Waals surface area contributed by atoms with Gasteiger partial charge in [-0.1, -0.05) is 12.1 Å². The first-order valence-electron chi connectivity index (χ1n) is 7.39. The molecule has 22 heavy (non-hydrogen) atoms. The fraction of sp³-hybridized carbons (Fsp3) is 0.529. The molecule has 0 spiro atoms. The lowest BCUT2D eigenvalue weighted by atomic mass is 9.93. The topological polar surface area (TPSA) is 62.6 Å². The summed E-state index contributed by atoms with van der Waals surface area (Å²) in [4.78, 5) is 13.6.